The lowest BCUT2D eigenvalue weighted by Crippen LogP contribution is -2.34. The van der Waals surface area contributed by atoms with Gasteiger partial charge in [-0.2, -0.15) is 4.98 Å². The second-order valence-corrected chi connectivity index (χ2v) is 6.46. The molecule has 0 atom stereocenters. The fourth-order valence-corrected chi connectivity index (χ4v) is 3.20. The minimum atomic E-state index is 0.0716. The van der Waals surface area contributed by atoms with E-state index in [0.29, 0.717) is 29.9 Å². The lowest BCUT2D eigenvalue weighted by molar-refractivity contribution is -0.116. The number of fused-ring (bicyclic) bond motifs is 1. The highest BCUT2D eigenvalue weighted by molar-refractivity contribution is 8.00. The van der Waals surface area contributed by atoms with Crippen LogP contribution in [0.3, 0.4) is 0 Å². The molecule has 110 valence electrons. The van der Waals surface area contributed by atoms with Gasteiger partial charge in [0.25, 0.3) is 0 Å². The van der Waals surface area contributed by atoms with Gasteiger partial charge >= 0.3 is 0 Å². The SMILES string of the molecule is CC(C)Cc1noc(CN2C(=O)CSc3ccccc32)n1. The number of anilines is 1. The highest BCUT2D eigenvalue weighted by atomic mass is 32.2. The summed E-state index contributed by atoms with van der Waals surface area (Å²) in [4.78, 5) is 19.4. The summed E-state index contributed by atoms with van der Waals surface area (Å²) < 4.78 is 5.27. The number of nitrogens with zero attached hydrogens (tertiary/aromatic N) is 3. The van der Waals surface area contributed by atoms with Crippen molar-refractivity contribution in [1.82, 2.24) is 10.1 Å². The molecule has 3 rings (SSSR count). The van der Waals surface area contributed by atoms with Crippen molar-refractivity contribution in [2.45, 2.75) is 31.7 Å². The molecule has 21 heavy (non-hydrogen) atoms. The molecule has 1 aromatic heterocycles. The molecule has 0 saturated carbocycles. The third kappa shape index (κ3) is 3.10. The summed E-state index contributed by atoms with van der Waals surface area (Å²) in [7, 11) is 0. The number of thioether (sulfide) groups is 1. The number of rotatable bonds is 4. The van der Waals surface area contributed by atoms with Gasteiger partial charge in [0.05, 0.1) is 11.4 Å². The van der Waals surface area contributed by atoms with Crippen molar-refractivity contribution < 1.29 is 9.32 Å². The normalized spacial score (nSPS) is 14.6. The summed E-state index contributed by atoms with van der Waals surface area (Å²) in [6.07, 6.45) is 0.782. The van der Waals surface area contributed by atoms with E-state index < -0.39 is 0 Å². The van der Waals surface area contributed by atoms with E-state index in [1.54, 1.807) is 16.7 Å². The standard InChI is InChI=1S/C15H17N3O2S/c1-10(2)7-13-16-14(20-17-13)8-18-11-5-3-4-6-12(11)21-9-15(18)19/h3-6,10H,7-9H2,1-2H3. The zero-order chi connectivity index (χ0) is 14.8. The van der Waals surface area contributed by atoms with E-state index in [4.69, 9.17) is 4.52 Å². The summed E-state index contributed by atoms with van der Waals surface area (Å²) in [5.41, 5.74) is 0.919. The number of hydrogen-bond donors (Lipinski definition) is 0. The molecule has 2 heterocycles. The summed E-state index contributed by atoms with van der Waals surface area (Å²) in [5.74, 6) is 2.18. The van der Waals surface area contributed by atoms with Crippen molar-refractivity contribution in [1.29, 1.82) is 0 Å². The maximum absolute atomic E-state index is 12.2. The van der Waals surface area contributed by atoms with E-state index in [-0.39, 0.29) is 5.91 Å². The molecule has 6 heteroatoms. The van der Waals surface area contributed by atoms with Crippen molar-refractivity contribution in [3.63, 3.8) is 0 Å². The Morgan fingerprint density at radius 1 is 1.38 bits per heavy atom. The monoisotopic (exact) mass is 303 g/mol. The van der Waals surface area contributed by atoms with E-state index in [1.807, 2.05) is 24.3 Å². The Hall–Kier alpha value is -1.82. The number of carbonyl (C=O) groups is 1. The second kappa shape index (κ2) is 5.89. The quantitative estimate of drug-likeness (QED) is 0.869. The molecule has 0 spiro atoms. The number of hydrogen-bond acceptors (Lipinski definition) is 5. The van der Waals surface area contributed by atoms with E-state index in [2.05, 4.69) is 24.0 Å². The summed E-state index contributed by atoms with van der Waals surface area (Å²) in [6, 6.07) is 7.89. The Kier molecular flexibility index (Phi) is 3.96. The van der Waals surface area contributed by atoms with Crippen molar-refractivity contribution in [3.8, 4) is 0 Å². The zero-order valence-electron chi connectivity index (χ0n) is 12.1. The average molecular weight is 303 g/mol. The first-order chi connectivity index (χ1) is 10.1. The van der Waals surface area contributed by atoms with Crippen LogP contribution in [-0.2, 0) is 17.8 Å². The fraction of sp³-hybridized carbons (Fsp3) is 0.400. The van der Waals surface area contributed by atoms with Crippen LogP contribution in [0.1, 0.15) is 25.6 Å². The van der Waals surface area contributed by atoms with Crippen LogP contribution in [0.4, 0.5) is 5.69 Å². The highest BCUT2D eigenvalue weighted by Crippen LogP contribution is 2.35. The minimum absolute atomic E-state index is 0.0716. The third-order valence-electron chi connectivity index (χ3n) is 3.20. The molecule has 5 nitrogen and oxygen atoms in total. The first-order valence-corrected chi connectivity index (χ1v) is 7.95. The number of benzene rings is 1. The van der Waals surface area contributed by atoms with Crippen molar-refractivity contribution >= 4 is 23.4 Å². The largest absolute Gasteiger partial charge is 0.337 e. The van der Waals surface area contributed by atoms with Crippen LogP contribution in [0.2, 0.25) is 0 Å². The molecular formula is C15H17N3O2S. The Morgan fingerprint density at radius 2 is 2.19 bits per heavy atom. The lowest BCUT2D eigenvalue weighted by Gasteiger charge is -2.27. The van der Waals surface area contributed by atoms with E-state index >= 15 is 0 Å². The van der Waals surface area contributed by atoms with Gasteiger partial charge in [-0.05, 0) is 18.1 Å². The van der Waals surface area contributed by atoms with Crippen molar-refractivity contribution in [3.05, 3.63) is 36.0 Å². The summed E-state index contributed by atoms with van der Waals surface area (Å²) >= 11 is 1.57. The highest BCUT2D eigenvalue weighted by Gasteiger charge is 2.26. The summed E-state index contributed by atoms with van der Waals surface area (Å²) in [5, 5.41) is 3.97. The predicted molar refractivity (Wildman–Crippen MR) is 81.2 cm³/mol. The fourth-order valence-electron chi connectivity index (χ4n) is 2.26. The second-order valence-electron chi connectivity index (χ2n) is 5.44. The van der Waals surface area contributed by atoms with Gasteiger partial charge in [-0.15, -0.1) is 11.8 Å². The third-order valence-corrected chi connectivity index (χ3v) is 4.25. The van der Waals surface area contributed by atoms with Crippen LogP contribution in [0.5, 0.6) is 0 Å². The minimum Gasteiger partial charge on any atom is -0.337 e. The average Bonchev–Trinajstić information content (AvgIpc) is 2.88. The molecule has 0 aliphatic carbocycles. The number of aromatic nitrogens is 2. The molecule has 0 N–H and O–H groups in total. The van der Waals surface area contributed by atoms with E-state index in [1.165, 1.54) is 0 Å². The van der Waals surface area contributed by atoms with Gasteiger partial charge in [0, 0.05) is 11.3 Å². The van der Waals surface area contributed by atoms with Crippen LogP contribution >= 0.6 is 11.8 Å². The van der Waals surface area contributed by atoms with Crippen LogP contribution in [-0.4, -0.2) is 21.8 Å². The molecule has 0 saturated heterocycles. The smallest absolute Gasteiger partial charge is 0.246 e. The Balaban J connectivity index is 1.81. The first-order valence-electron chi connectivity index (χ1n) is 6.97. The predicted octanol–water partition coefficient (Wildman–Crippen LogP) is 2.91. The Labute approximate surface area is 127 Å². The van der Waals surface area contributed by atoms with Gasteiger partial charge in [0.2, 0.25) is 11.8 Å². The van der Waals surface area contributed by atoms with Crippen LogP contribution in [0.15, 0.2) is 33.7 Å². The molecule has 0 radical (unpaired) electrons. The summed E-state index contributed by atoms with van der Waals surface area (Å²) in [6.45, 7) is 4.55. The topological polar surface area (TPSA) is 59.2 Å². The van der Waals surface area contributed by atoms with Crippen molar-refractivity contribution in [2.75, 3.05) is 10.7 Å². The Morgan fingerprint density at radius 3 is 3.00 bits per heavy atom. The van der Waals surface area contributed by atoms with Gasteiger partial charge in [-0.3, -0.25) is 4.79 Å². The van der Waals surface area contributed by atoms with Crippen LogP contribution in [0, 0.1) is 5.92 Å². The van der Waals surface area contributed by atoms with Crippen molar-refractivity contribution in [2.24, 2.45) is 5.92 Å². The molecule has 2 aromatic rings. The van der Waals surface area contributed by atoms with Gasteiger partial charge in [0.1, 0.15) is 6.54 Å². The molecule has 1 aliphatic heterocycles. The molecular weight excluding hydrogens is 286 g/mol. The van der Waals surface area contributed by atoms with Gasteiger partial charge in [0.15, 0.2) is 5.82 Å². The van der Waals surface area contributed by atoms with Crippen LogP contribution < -0.4 is 4.90 Å². The number of para-hydroxylation sites is 1. The maximum Gasteiger partial charge on any atom is 0.246 e. The van der Waals surface area contributed by atoms with E-state index in [0.717, 1.165) is 17.0 Å². The van der Waals surface area contributed by atoms with Gasteiger partial charge in [-0.1, -0.05) is 31.1 Å². The lowest BCUT2D eigenvalue weighted by atomic mass is 10.1. The number of carbonyl (C=O) groups excluding carboxylic acids is 1. The van der Waals surface area contributed by atoms with Gasteiger partial charge < -0.3 is 9.42 Å². The zero-order valence-corrected chi connectivity index (χ0v) is 12.9. The molecule has 0 fully saturated rings. The van der Waals surface area contributed by atoms with Crippen LogP contribution in [0.25, 0.3) is 0 Å². The molecule has 0 bridgehead atoms. The molecule has 1 aromatic carbocycles. The molecule has 0 unspecified atom stereocenters. The Bertz CT molecular complexity index is 654. The molecule has 1 aliphatic rings. The number of amides is 1. The van der Waals surface area contributed by atoms with Gasteiger partial charge in [-0.25, -0.2) is 0 Å². The van der Waals surface area contributed by atoms with E-state index in [9.17, 15) is 4.79 Å². The molecule has 1 amide bonds. The first kappa shape index (κ1) is 14.1. The maximum atomic E-state index is 12.2.